The van der Waals surface area contributed by atoms with Crippen LogP contribution < -0.4 is 4.18 Å². The molecule has 0 aromatic heterocycles. The third kappa shape index (κ3) is 4.56. The summed E-state index contributed by atoms with van der Waals surface area (Å²) in [5.41, 5.74) is 1.61. The minimum atomic E-state index is -3.90. The van der Waals surface area contributed by atoms with E-state index in [-0.39, 0.29) is 10.6 Å². The van der Waals surface area contributed by atoms with Crippen LogP contribution in [0.25, 0.3) is 0 Å². The molecular weight excluding hydrogens is 316 g/mol. The molecule has 2 rings (SSSR count). The van der Waals surface area contributed by atoms with Gasteiger partial charge in [-0.3, -0.25) is 4.79 Å². The number of benzene rings is 2. The molecule has 5 nitrogen and oxygen atoms in total. The lowest BCUT2D eigenvalue weighted by Gasteiger charge is -2.13. The molecule has 0 aliphatic carbocycles. The lowest BCUT2D eigenvalue weighted by molar-refractivity contribution is -0.145. The van der Waals surface area contributed by atoms with Crippen LogP contribution in [0.15, 0.2) is 53.4 Å². The van der Waals surface area contributed by atoms with Crippen molar-refractivity contribution in [3.63, 3.8) is 0 Å². The van der Waals surface area contributed by atoms with Crippen molar-refractivity contribution < 1.29 is 22.1 Å². The molecular formula is C17H18O5S. The number of aryl methyl sites for hydroxylation is 1. The fourth-order valence-corrected chi connectivity index (χ4v) is 2.94. The molecule has 0 aliphatic heterocycles. The maximum Gasteiger partial charge on any atom is 0.339 e. The van der Waals surface area contributed by atoms with Gasteiger partial charge in [0.25, 0.3) is 0 Å². The minimum Gasteiger partial charge on any atom is -0.458 e. The molecule has 6 heteroatoms. The zero-order chi connectivity index (χ0) is 17.0. The second kappa shape index (κ2) is 6.83. The van der Waals surface area contributed by atoms with Crippen LogP contribution in [0.1, 0.15) is 31.1 Å². The zero-order valence-electron chi connectivity index (χ0n) is 13.1. The number of esters is 1. The average molecular weight is 334 g/mol. The molecule has 0 fully saturated rings. The number of hydrogen-bond donors (Lipinski definition) is 0. The Kier molecular flexibility index (Phi) is 5.05. The molecule has 0 aliphatic rings. The first-order valence-corrected chi connectivity index (χ1v) is 8.47. The van der Waals surface area contributed by atoms with Gasteiger partial charge in [-0.25, -0.2) is 0 Å². The molecule has 0 bridgehead atoms. The molecule has 1 atom stereocenters. The first-order valence-electron chi connectivity index (χ1n) is 7.06. The maximum atomic E-state index is 12.3. The highest BCUT2D eigenvalue weighted by atomic mass is 32.2. The Morgan fingerprint density at radius 3 is 2.35 bits per heavy atom. The highest BCUT2D eigenvalue weighted by molar-refractivity contribution is 7.87. The van der Waals surface area contributed by atoms with Gasteiger partial charge in [0.15, 0.2) is 0 Å². The van der Waals surface area contributed by atoms with Gasteiger partial charge >= 0.3 is 16.1 Å². The molecule has 122 valence electrons. The largest absolute Gasteiger partial charge is 0.458 e. The third-order valence-electron chi connectivity index (χ3n) is 3.19. The summed E-state index contributed by atoms with van der Waals surface area (Å²) in [5, 5.41) is 0. The molecule has 2 aromatic rings. The number of ether oxygens (including phenoxy) is 1. The van der Waals surface area contributed by atoms with Gasteiger partial charge in [-0.05, 0) is 43.7 Å². The second-order valence-electron chi connectivity index (χ2n) is 5.17. The highest BCUT2D eigenvalue weighted by Crippen LogP contribution is 2.24. The average Bonchev–Trinajstić information content (AvgIpc) is 2.46. The summed E-state index contributed by atoms with van der Waals surface area (Å²) < 4.78 is 34.8. The Hall–Kier alpha value is -2.34. The fraction of sp³-hybridized carbons (Fsp3) is 0.235. The molecule has 0 spiro atoms. The van der Waals surface area contributed by atoms with E-state index in [2.05, 4.69) is 0 Å². The monoisotopic (exact) mass is 334 g/mol. The van der Waals surface area contributed by atoms with Gasteiger partial charge in [-0.1, -0.05) is 29.8 Å². The van der Waals surface area contributed by atoms with Crippen molar-refractivity contribution in [2.24, 2.45) is 0 Å². The van der Waals surface area contributed by atoms with Gasteiger partial charge in [-0.2, -0.15) is 8.42 Å². The predicted octanol–water partition coefficient (Wildman–Crippen LogP) is 3.39. The van der Waals surface area contributed by atoms with Crippen LogP contribution in [-0.4, -0.2) is 14.4 Å². The van der Waals surface area contributed by atoms with Crippen LogP contribution in [0.5, 0.6) is 5.75 Å². The minimum absolute atomic E-state index is 0.0848. The van der Waals surface area contributed by atoms with E-state index in [0.29, 0.717) is 5.56 Å². The van der Waals surface area contributed by atoms with Gasteiger partial charge in [0, 0.05) is 6.92 Å². The van der Waals surface area contributed by atoms with Gasteiger partial charge in [0.1, 0.15) is 16.7 Å². The van der Waals surface area contributed by atoms with E-state index < -0.39 is 22.2 Å². The summed E-state index contributed by atoms with van der Waals surface area (Å²) in [4.78, 5) is 11.1. The Labute approximate surface area is 136 Å². The summed E-state index contributed by atoms with van der Waals surface area (Å²) in [5.74, 6) is -0.238. The summed E-state index contributed by atoms with van der Waals surface area (Å²) in [7, 11) is -3.90. The molecule has 0 N–H and O–H groups in total. The Morgan fingerprint density at radius 2 is 1.74 bits per heavy atom. The van der Waals surface area contributed by atoms with Gasteiger partial charge in [0.05, 0.1) is 0 Å². The van der Waals surface area contributed by atoms with Crippen LogP contribution in [0.3, 0.4) is 0 Å². The molecule has 2 aromatic carbocycles. The van der Waals surface area contributed by atoms with Crippen molar-refractivity contribution in [3.05, 3.63) is 59.7 Å². The van der Waals surface area contributed by atoms with Crippen molar-refractivity contribution in [2.45, 2.75) is 31.8 Å². The molecule has 0 heterocycles. The van der Waals surface area contributed by atoms with Crippen LogP contribution in [0, 0.1) is 6.92 Å². The molecule has 23 heavy (non-hydrogen) atoms. The van der Waals surface area contributed by atoms with Crippen LogP contribution in [-0.2, 0) is 19.6 Å². The predicted molar refractivity (Wildman–Crippen MR) is 85.6 cm³/mol. The van der Waals surface area contributed by atoms with E-state index in [1.807, 2.05) is 6.92 Å². The molecule has 0 amide bonds. The maximum absolute atomic E-state index is 12.3. The van der Waals surface area contributed by atoms with Crippen molar-refractivity contribution in [1.29, 1.82) is 0 Å². The summed E-state index contributed by atoms with van der Waals surface area (Å²) >= 11 is 0. The van der Waals surface area contributed by atoms with Gasteiger partial charge in [-0.15, -0.1) is 0 Å². The van der Waals surface area contributed by atoms with Crippen molar-refractivity contribution in [2.75, 3.05) is 0 Å². The number of hydrogen-bond acceptors (Lipinski definition) is 5. The highest BCUT2D eigenvalue weighted by Gasteiger charge is 2.17. The Bertz CT molecular complexity index is 794. The van der Waals surface area contributed by atoms with Crippen molar-refractivity contribution >= 4 is 16.1 Å². The molecule has 1 unspecified atom stereocenters. The Balaban J connectivity index is 2.22. The Morgan fingerprint density at radius 1 is 1.09 bits per heavy atom. The van der Waals surface area contributed by atoms with Gasteiger partial charge in [0.2, 0.25) is 0 Å². The normalized spacial score (nSPS) is 12.5. The lowest BCUT2D eigenvalue weighted by Crippen LogP contribution is -2.10. The van der Waals surface area contributed by atoms with E-state index >= 15 is 0 Å². The number of rotatable bonds is 5. The van der Waals surface area contributed by atoms with E-state index in [0.717, 1.165) is 5.56 Å². The zero-order valence-corrected chi connectivity index (χ0v) is 14.0. The summed E-state index contributed by atoms with van der Waals surface area (Å²) in [6.45, 7) is 4.89. The quantitative estimate of drug-likeness (QED) is 0.619. The first-order chi connectivity index (χ1) is 10.8. The molecule has 0 saturated carbocycles. The number of carbonyl (C=O) groups excluding carboxylic acids is 1. The smallest absolute Gasteiger partial charge is 0.339 e. The van der Waals surface area contributed by atoms with E-state index in [1.54, 1.807) is 37.3 Å². The second-order valence-corrected chi connectivity index (χ2v) is 6.72. The van der Waals surface area contributed by atoms with Crippen molar-refractivity contribution in [3.8, 4) is 5.75 Å². The third-order valence-corrected chi connectivity index (χ3v) is 4.45. The standard InChI is InChI=1S/C17H18O5S/c1-12-7-9-17(10-8-12)23(19,20)22-16-6-4-5-15(11-16)13(2)21-14(3)18/h4-11,13H,1-3H3. The van der Waals surface area contributed by atoms with E-state index in [9.17, 15) is 13.2 Å². The molecule has 0 saturated heterocycles. The van der Waals surface area contributed by atoms with Crippen LogP contribution in [0.2, 0.25) is 0 Å². The molecule has 0 radical (unpaired) electrons. The first kappa shape index (κ1) is 17.0. The summed E-state index contributed by atoms with van der Waals surface area (Å²) in [6, 6.07) is 12.9. The van der Waals surface area contributed by atoms with Crippen LogP contribution >= 0.6 is 0 Å². The SMILES string of the molecule is CC(=O)OC(C)c1cccc(OS(=O)(=O)c2ccc(C)cc2)c1. The topological polar surface area (TPSA) is 69.7 Å². The number of carbonyl (C=O) groups is 1. The lowest BCUT2D eigenvalue weighted by atomic mass is 10.1. The van der Waals surface area contributed by atoms with Crippen molar-refractivity contribution in [1.82, 2.24) is 0 Å². The summed E-state index contributed by atoms with van der Waals surface area (Å²) in [6.07, 6.45) is -0.488. The fourth-order valence-electron chi connectivity index (χ4n) is 2.02. The van der Waals surface area contributed by atoms with E-state index in [4.69, 9.17) is 8.92 Å². The van der Waals surface area contributed by atoms with E-state index in [1.165, 1.54) is 25.1 Å². The van der Waals surface area contributed by atoms with Gasteiger partial charge < -0.3 is 8.92 Å². The van der Waals surface area contributed by atoms with Crippen LogP contribution in [0.4, 0.5) is 0 Å².